The summed E-state index contributed by atoms with van der Waals surface area (Å²) in [6.07, 6.45) is 5.64. The van der Waals surface area contributed by atoms with Gasteiger partial charge in [0.25, 0.3) is 0 Å². The lowest BCUT2D eigenvalue weighted by atomic mass is 9.84. The molecule has 1 aromatic heterocycles. The summed E-state index contributed by atoms with van der Waals surface area (Å²) < 4.78 is 20.4. The molecule has 0 saturated heterocycles. The number of aliphatic carboxylic acids is 1. The first kappa shape index (κ1) is 16.7. The van der Waals surface area contributed by atoms with Gasteiger partial charge in [0.05, 0.1) is 24.2 Å². The van der Waals surface area contributed by atoms with Crippen LogP contribution in [0, 0.1) is 12.7 Å². The smallest absolute Gasteiger partial charge is 0.306 e. The molecule has 1 atom stereocenters. The monoisotopic (exact) mass is 331 g/mol. The van der Waals surface area contributed by atoms with E-state index in [4.69, 9.17) is 4.74 Å². The number of hydrogen-bond donors (Lipinski definition) is 2. The van der Waals surface area contributed by atoms with E-state index in [0.717, 1.165) is 22.3 Å². The van der Waals surface area contributed by atoms with E-state index in [1.807, 2.05) is 26.0 Å². The largest absolute Gasteiger partial charge is 0.481 e. The van der Waals surface area contributed by atoms with Crippen LogP contribution in [0.25, 0.3) is 10.9 Å². The molecule has 2 aromatic rings. The summed E-state index contributed by atoms with van der Waals surface area (Å²) >= 11 is 0. The van der Waals surface area contributed by atoms with Gasteiger partial charge in [0.2, 0.25) is 0 Å². The predicted molar refractivity (Wildman–Crippen MR) is 90.6 cm³/mol. The number of aryl methyl sites for hydroxylation is 1. The van der Waals surface area contributed by atoms with Gasteiger partial charge in [0, 0.05) is 5.39 Å². The van der Waals surface area contributed by atoms with Gasteiger partial charge in [0.1, 0.15) is 11.4 Å². The van der Waals surface area contributed by atoms with Gasteiger partial charge in [-0.3, -0.25) is 4.79 Å². The topological polar surface area (TPSA) is 62.3 Å². The van der Waals surface area contributed by atoms with E-state index in [2.05, 4.69) is 4.98 Å². The molecule has 0 bridgehead atoms. The van der Waals surface area contributed by atoms with Crippen LogP contribution in [0.15, 0.2) is 24.3 Å². The number of nitrogens with one attached hydrogen (secondary N) is 1. The number of carbonyl (C=O) groups is 1. The number of benzene rings is 1. The molecule has 4 nitrogen and oxygen atoms in total. The highest BCUT2D eigenvalue weighted by Crippen LogP contribution is 2.43. The molecule has 2 heterocycles. The zero-order valence-corrected chi connectivity index (χ0v) is 14.0. The lowest BCUT2D eigenvalue weighted by Crippen LogP contribution is -2.38. The first-order valence-corrected chi connectivity index (χ1v) is 8.25. The number of ether oxygens (including phenoxy) is 1. The van der Waals surface area contributed by atoms with Crippen LogP contribution in [-0.2, 0) is 21.6 Å². The van der Waals surface area contributed by atoms with Gasteiger partial charge in [-0.25, -0.2) is 4.39 Å². The molecule has 0 amide bonds. The van der Waals surface area contributed by atoms with Crippen molar-refractivity contribution in [1.82, 2.24) is 4.98 Å². The fraction of sp³-hybridized carbons (Fsp3) is 0.421. The number of H-pyrrole nitrogens is 1. The Hall–Kier alpha value is -2.14. The Labute approximate surface area is 140 Å². The molecule has 0 fully saturated rings. The van der Waals surface area contributed by atoms with E-state index >= 15 is 0 Å². The number of hydrogen-bond acceptors (Lipinski definition) is 2. The van der Waals surface area contributed by atoms with Gasteiger partial charge in [0.15, 0.2) is 0 Å². The molecular weight excluding hydrogens is 309 g/mol. The Morgan fingerprint density at radius 1 is 1.50 bits per heavy atom. The Bertz CT molecular complexity index is 809. The number of allylic oxidation sites excluding steroid dienone is 2. The van der Waals surface area contributed by atoms with E-state index in [9.17, 15) is 14.3 Å². The van der Waals surface area contributed by atoms with E-state index in [0.29, 0.717) is 31.3 Å². The number of fused-ring (bicyclic) bond motifs is 3. The highest BCUT2D eigenvalue weighted by Gasteiger charge is 2.42. The van der Waals surface area contributed by atoms with Crippen LogP contribution < -0.4 is 0 Å². The second-order valence-corrected chi connectivity index (χ2v) is 6.36. The van der Waals surface area contributed by atoms with Gasteiger partial charge in [-0.1, -0.05) is 18.2 Å². The highest BCUT2D eigenvalue weighted by atomic mass is 19.1. The standard InChI is InChI=1S/C19H22FNO3/c1-3-4-5-9-19(11-15(22)23)18-13(8-10-24-19)16-14(20)7-6-12(2)17(16)21-18/h3-4,6-7,21H,5,8-11H2,1-2H3,(H,22,23). The maximum absolute atomic E-state index is 14.4. The van der Waals surface area contributed by atoms with Crippen molar-refractivity contribution in [2.45, 2.75) is 45.1 Å². The molecule has 5 heteroatoms. The fourth-order valence-electron chi connectivity index (χ4n) is 3.67. The molecule has 1 aromatic carbocycles. The Kier molecular flexibility index (Phi) is 4.45. The lowest BCUT2D eigenvalue weighted by molar-refractivity contribution is -0.149. The first-order chi connectivity index (χ1) is 11.5. The average molecular weight is 331 g/mol. The second kappa shape index (κ2) is 6.40. The fourth-order valence-corrected chi connectivity index (χ4v) is 3.67. The quantitative estimate of drug-likeness (QED) is 0.807. The number of aromatic amines is 1. The summed E-state index contributed by atoms with van der Waals surface area (Å²) in [4.78, 5) is 14.8. The van der Waals surface area contributed by atoms with Gasteiger partial charge in [-0.2, -0.15) is 0 Å². The van der Waals surface area contributed by atoms with Gasteiger partial charge >= 0.3 is 5.97 Å². The van der Waals surface area contributed by atoms with E-state index in [-0.39, 0.29) is 12.2 Å². The molecule has 0 radical (unpaired) electrons. The van der Waals surface area contributed by atoms with Crippen LogP contribution in [0.5, 0.6) is 0 Å². The zero-order chi connectivity index (χ0) is 17.3. The molecule has 128 valence electrons. The molecule has 1 aliphatic rings. The van der Waals surface area contributed by atoms with Gasteiger partial charge < -0.3 is 14.8 Å². The number of rotatable bonds is 5. The molecule has 0 aliphatic carbocycles. The molecular formula is C19H22FNO3. The molecule has 24 heavy (non-hydrogen) atoms. The van der Waals surface area contributed by atoms with Crippen LogP contribution in [0.1, 0.15) is 43.0 Å². The van der Waals surface area contributed by atoms with Crippen molar-refractivity contribution in [3.05, 3.63) is 46.9 Å². The zero-order valence-electron chi connectivity index (χ0n) is 14.0. The van der Waals surface area contributed by atoms with Gasteiger partial charge in [-0.05, 0) is 50.3 Å². The Morgan fingerprint density at radius 2 is 2.29 bits per heavy atom. The maximum atomic E-state index is 14.4. The summed E-state index contributed by atoms with van der Waals surface area (Å²) in [6, 6.07) is 3.21. The molecule has 3 rings (SSSR count). The number of halogens is 1. The summed E-state index contributed by atoms with van der Waals surface area (Å²) in [5.74, 6) is -1.19. The number of carboxylic acid groups (broad SMARTS) is 1. The van der Waals surface area contributed by atoms with Crippen molar-refractivity contribution >= 4 is 16.9 Å². The third kappa shape index (κ3) is 2.73. The minimum absolute atomic E-state index is 0.134. The van der Waals surface area contributed by atoms with E-state index < -0.39 is 11.6 Å². The third-order valence-electron chi connectivity index (χ3n) is 4.79. The highest BCUT2D eigenvalue weighted by molar-refractivity contribution is 5.88. The van der Waals surface area contributed by atoms with Crippen LogP contribution >= 0.6 is 0 Å². The second-order valence-electron chi connectivity index (χ2n) is 6.36. The molecule has 2 N–H and O–H groups in total. The SMILES string of the molecule is CC=CCCC1(CC(=O)O)OCCc2c1[nH]c1c(C)ccc(F)c21. The van der Waals surface area contributed by atoms with Crippen molar-refractivity contribution in [1.29, 1.82) is 0 Å². The summed E-state index contributed by atoms with van der Waals surface area (Å²) in [5, 5.41) is 9.99. The summed E-state index contributed by atoms with van der Waals surface area (Å²) in [6.45, 7) is 4.25. The number of aromatic nitrogens is 1. The molecule has 1 unspecified atom stereocenters. The first-order valence-electron chi connectivity index (χ1n) is 8.25. The molecule has 0 saturated carbocycles. The number of carboxylic acids is 1. The summed E-state index contributed by atoms with van der Waals surface area (Å²) in [7, 11) is 0. The van der Waals surface area contributed by atoms with Crippen LogP contribution in [0.2, 0.25) is 0 Å². The predicted octanol–water partition coefficient (Wildman–Crippen LogP) is 4.21. The van der Waals surface area contributed by atoms with Crippen molar-refractivity contribution in [2.24, 2.45) is 0 Å². The normalized spacial score (nSPS) is 20.6. The summed E-state index contributed by atoms with van der Waals surface area (Å²) in [5.41, 5.74) is 2.34. The van der Waals surface area contributed by atoms with Crippen molar-refractivity contribution < 1.29 is 19.0 Å². The van der Waals surface area contributed by atoms with Crippen molar-refractivity contribution in [3.8, 4) is 0 Å². The van der Waals surface area contributed by atoms with E-state index in [1.165, 1.54) is 6.07 Å². The minimum Gasteiger partial charge on any atom is -0.481 e. The molecule has 0 spiro atoms. The van der Waals surface area contributed by atoms with Crippen molar-refractivity contribution in [2.75, 3.05) is 6.61 Å². The van der Waals surface area contributed by atoms with Crippen molar-refractivity contribution in [3.63, 3.8) is 0 Å². The van der Waals surface area contributed by atoms with E-state index in [1.54, 1.807) is 6.07 Å². The Morgan fingerprint density at radius 3 is 3.00 bits per heavy atom. The van der Waals surface area contributed by atoms with Crippen LogP contribution in [-0.4, -0.2) is 22.7 Å². The average Bonchev–Trinajstić information content (AvgIpc) is 2.93. The van der Waals surface area contributed by atoms with Crippen LogP contribution in [0.3, 0.4) is 0 Å². The Balaban J connectivity index is 2.19. The lowest BCUT2D eigenvalue weighted by Gasteiger charge is -2.36. The molecule has 1 aliphatic heterocycles. The maximum Gasteiger partial charge on any atom is 0.306 e. The van der Waals surface area contributed by atoms with Gasteiger partial charge in [-0.15, -0.1) is 0 Å². The minimum atomic E-state index is -0.934. The third-order valence-corrected chi connectivity index (χ3v) is 4.79. The van der Waals surface area contributed by atoms with Crippen LogP contribution in [0.4, 0.5) is 4.39 Å².